The highest BCUT2D eigenvalue weighted by Crippen LogP contribution is 2.26. The van der Waals surface area contributed by atoms with E-state index in [2.05, 4.69) is 39.5 Å². The van der Waals surface area contributed by atoms with Crippen LogP contribution in [0, 0.1) is 11.3 Å². The largest absolute Gasteiger partial charge is 0.391 e. The van der Waals surface area contributed by atoms with Crippen molar-refractivity contribution >= 4 is 0 Å². The molecule has 0 amide bonds. The fourth-order valence-electron chi connectivity index (χ4n) is 2.14. The van der Waals surface area contributed by atoms with E-state index in [0.29, 0.717) is 6.04 Å². The molecule has 1 rings (SSSR count). The highest BCUT2D eigenvalue weighted by atomic mass is 16.3. The Morgan fingerprint density at radius 2 is 1.93 bits per heavy atom. The van der Waals surface area contributed by atoms with Gasteiger partial charge in [0.15, 0.2) is 0 Å². The Morgan fingerprint density at radius 3 is 2.29 bits per heavy atom. The van der Waals surface area contributed by atoms with E-state index in [-0.39, 0.29) is 11.5 Å². The topological polar surface area (TPSA) is 23.5 Å². The fraction of sp³-hybridized carbons (Fsp3) is 1.00. The first kappa shape index (κ1) is 12.0. The number of aliphatic hydroxyl groups is 1. The van der Waals surface area contributed by atoms with E-state index in [9.17, 15) is 5.11 Å². The molecule has 0 aromatic rings. The summed E-state index contributed by atoms with van der Waals surface area (Å²) in [6.45, 7) is 12.8. The molecule has 0 aromatic carbocycles. The van der Waals surface area contributed by atoms with Crippen molar-refractivity contribution in [3.8, 4) is 0 Å². The molecule has 2 nitrogen and oxygen atoms in total. The SMILES string of the molecule is CC1CC(C)N(CC(O)C(C)(C)C)C1. The molecule has 1 N–H and O–H groups in total. The van der Waals surface area contributed by atoms with Gasteiger partial charge in [-0.05, 0) is 24.7 Å². The van der Waals surface area contributed by atoms with Crippen LogP contribution in [0.1, 0.15) is 41.0 Å². The Labute approximate surface area is 88.3 Å². The summed E-state index contributed by atoms with van der Waals surface area (Å²) in [5, 5.41) is 10.0. The summed E-state index contributed by atoms with van der Waals surface area (Å²) in [6, 6.07) is 0.641. The van der Waals surface area contributed by atoms with Gasteiger partial charge in [0.05, 0.1) is 6.10 Å². The van der Waals surface area contributed by atoms with E-state index in [1.165, 1.54) is 6.42 Å². The van der Waals surface area contributed by atoms with Gasteiger partial charge in [0, 0.05) is 19.1 Å². The summed E-state index contributed by atoms with van der Waals surface area (Å²) < 4.78 is 0. The Bertz CT molecular complexity index is 185. The second-order valence-electron chi connectivity index (χ2n) is 6.03. The molecule has 0 saturated carbocycles. The number of hydrogen-bond donors (Lipinski definition) is 1. The van der Waals surface area contributed by atoms with Gasteiger partial charge in [-0.1, -0.05) is 27.7 Å². The van der Waals surface area contributed by atoms with Crippen molar-refractivity contribution in [2.45, 2.75) is 53.2 Å². The standard InChI is InChI=1S/C12H25NO/c1-9-6-10(2)13(7-9)8-11(14)12(3,4)5/h9-11,14H,6-8H2,1-5H3. The van der Waals surface area contributed by atoms with Gasteiger partial charge >= 0.3 is 0 Å². The molecule has 1 saturated heterocycles. The van der Waals surface area contributed by atoms with Crippen molar-refractivity contribution in [3.63, 3.8) is 0 Å². The maximum absolute atomic E-state index is 10.0. The lowest BCUT2D eigenvalue weighted by molar-refractivity contribution is 0.0261. The van der Waals surface area contributed by atoms with Crippen LogP contribution in [0.25, 0.3) is 0 Å². The molecule has 0 spiro atoms. The van der Waals surface area contributed by atoms with Gasteiger partial charge < -0.3 is 5.11 Å². The molecule has 2 heteroatoms. The summed E-state index contributed by atoms with van der Waals surface area (Å²) >= 11 is 0. The van der Waals surface area contributed by atoms with Crippen LogP contribution in [-0.4, -0.2) is 35.2 Å². The molecular formula is C12H25NO. The zero-order valence-electron chi connectivity index (χ0n) is 10.2. The van der Waals surface area contributed by atoms with Crippen molar-refractivity contribution in [2.24, 2.45) is 11.3 Å². The van der Waals surface area contributed by atoms with E-state index in [1.807, 2.05) is 0 Å². The number of nitrogens with zero attached hydrogens (tertiary/aromatic N) is 1. The predicted octanol–water partition coefficient (Wildman–Crippen LogP) is 2.12. The molecule has 1 heterocycles. The Hall–Kier alpha value is -0.0800. The van der Waals surface area contributed by atoms with Crippen molar-refractivity contribution in [1.29, 1.82) is 0 Å². The minimum atomic E-state index is -0.213. The van der Waals surface area contributed by atoms with Crippen molar-refractivity contribution in [3.05, 3.63) is 0 Å². The number of likely N-dealkylation sites (tertiary alicyclic amines) is 1. The summed E-state index contributed by atoms with van der Waals surface area (Å²) in [6.07, 6.45) is 1.06. The third-order valence-corrected chi connectivity index (χ3v) is 3.32. The molecule has 1 aliphatic heterocycles. The van der Waals surface area contributed by atoms with E-state index in [0.717, 1.165) is 19.0 Å². The predicted molar refractivity (Wildman–Crippen MR) is 60.3 cm³/mol. The third-order valence-electron chi connectivity index (χ3n) is 3.32. The number of β-amino-alcohol motifs (C(OH)–C–C–N with tert-alkyl or cyclic N) is 1. The van der Waals surface area contributed by atoms with Crippen LogP contribution >= 0.6 is 0 Å². The van der Waals surface area contributed by atoms with Gasteiger partial charge in [0.2, 0.25) is 0 Å². The van der Waals surface area contributed by atoms with Gasteiger partial charge in [-0.2, -0.15) is 0 Å². The molecule has 0 radical (unpaired) electrons. The lowest BCUT2D eigenvalue weighted by Gasteiger charge is -2.31. The van der Waals surface area contributed by atoms with Gasteiger partial charge in [-0.25, -0.2) is 0 Å². The molecule has 1 aliphatic rings. The Kier molecular flexibility index (Phi) is 3.59. The van der Waals surface area contributed by atoms with Crippen LogP contribution in [0.3, 0.4) is 0 Å². The summed E-state index contributed by atoms with van der Waals surface area (Å²) in [5.41, 5.74) is 0.00550. The zero-order chi connectivity index (χ0) is 10.9. The quantitative estimate of drug-likeness (QED) is 0.736. The van der Waals surface area contributed by atoms with Crippen molar-refractivity contribution in [1.82, 2.24) is 4.90 Å². The minimum absolute atomic E-state index is 0.00550. The van der Waals surface area contributed by atoms with Crippen LogP contribution in [0.5, 0.6) is 0 Å². The van der Waals surface area contributed by atoms with Gasteiger partial charge in [0.25, 0.3) is 0 Å². The van der Waals surface area contributed by atoms with Crippen LogP contribution in [0.15, 0.2) is 0 Å². The van der Waals surface area contributed by atoms with Crippen molar-refractivity contribution < 1.29 is 5.11 Å². The van der Waals surface area contributed by atoms with E-state index in [1.54, 1.807) is 0 Å². The molecule has 3 unspecified atom stereocenters. The smallest absolute Gasteiger partial charge is 0.0715 e. The molecular weight excluding hydrogens is 174 g/mol. The van der Waals surface area contributed by atoms with Crippen LogP contribution < -0.4 is 0 Å². The van der Waals surface area contributed by atoms with E-state index < -0.39 is 0 Å². The average molecular weight is 199 g/mol. The normalized spacial score (nSPS) is 32.1. The fourth-order valence-corrected chi connectivity index (χ4v) is 2.14. The highest BCUT2D eigenvalue weighted by Gasteiger charge is 2.31. The van der Waals surface area contributed by atoms with Gasteiger partial charge in [-0.15, -0.1) is 0 Å². The second-order valence-corrected chi connectivity index (χ2v) is 6.03. The van der Waals surface area contributed by atoms with Crippen LogP contribution in [0.4, 0.5) is 0 Å². The summed E-state index contributed by atoms with van der Waals surface area (Å²) in [5.74, 6) is 0.789. The highest BCUT2D eigenvalue weighted by molar-refractivity contribution is 4.84. The number of hydrogen-bond acceptors (Lipinski definition) is 2. The zero-order valence-corrected chi connectivity index (χ0v) is 10.2. The molecule has 14 heavy (non-hydrogen) atoms. The van der Waals surface area contributed by atoms with E-state index in [4.69, 9.17) is 0 Å². The molecule has 0 bridgehead atoms. The maximum Gasteiger partial charge on any atom is 0.0715 e. The maximum atomic E-state index is 10.0. The van der Waals surface area contributed by atoms with Gasteiger partial charge in [0.1, 0.15) is 0 Å². The lowest BCUT2D eigenvalue weighted by Crippen LogP contribution is -2.41. The first-order valence-electron chi connectivity index (χ1n) is 5.73. The van der Waals surface area contributed by atoms with E-state index >= 15 is 0 Å². The summed E-state index contributed by atoms with van der Waals surface area (Å²) in [7, 11) is 0. The first-order chi connectivity index (χ1) is 6.30. The van der Waals surface area contributed by atoms with Crippen molar-refractivity contribution in [2.75, 3.05) is 13.1 Å². The molecule has 0 aliphatic carbocycles. The monoisotopic (exact) mass is 199 g/mol. The van der Waals surface area contributed by atoms with Crippen LogP contribution in [-0.2, 0) is 0 Å². The third kappa shape index (κ3) is 2.96. The number of aliphatic hydroxyl groups excluding tert-OH is 1. The number of rotatable bonds is 2. The molecule has 0 aromatic heterocycles. The summed E-state index contributed by atoms with van der Waals surface area (Å²) in [4.78, 5) is 2.42. The Morgan fingerprint density at radius 1 is 1.36 bits per heavy atom. The molecule has 1 fully saturated rings. The Balaban J connectivity index is 2.45. The molecule has 3 atom stereocenters. The minimum Gasteiger partial charge on any atom is -0.391 e. The average Bonchev–Trinajstić information content (AvgIpc) is 2.28. The molecule has 84 valence electrons. The van der Waals surface area contributed by atoms with Crippen LogP contribution in [0.2, 0.25) is 0 Å². The van der Waals surface area contributed by atoms with Gasteiger partial charge in [-0.3, -0.25) is 4.90 Å². The first-order valence-corrected chi connectivity index (χ1v) is 5.73. The second kappa shape index (κ2) is 4.19. The lowest BCUT2D eigenvalue weighted by atomic mass is 9.89.